The maximum atomic E-state index is 6.03. The van der Waals surface area contributed by atoms with Crippen LogP contribution < -0.4 is 22.6 Å². The van der Waals surface area contributed by atoms with Crippen LogP contribution >= 0.6 is 39.1 Å². The molecule has 0 aromatic heterocycles. The van der Waals surface area contributed by atoms with Gasteiger partial charge in [0.15, 0.2) is 0 Å². The average Bonchev–Trinajstić information content (AvgIpc) is 3.10. The molecule has 8 aromatic rings. The van der Waals surface area contributed by atoms with Crippen LogP contribution in [0.1, 0.15) is 0 Å². The predicted molar refractivity (Wildman–Crippen MR) is 215 cm³/mol. The maximum absolute atomic E-state index is 6.03. The highest BCUT2D eigenvalue weighted by Crippen LogP contribution is 2.35. The molecule has 9 rings (SSSR count). The normalized spacial score (nSPS) is 11.1. The first-order valence-electron chi connectivity index (χ1n) is 15.3. The zero-order valence-corrected chi connectivity index (χ0v) is 29.2. The van der Waals surface area contributed by atoms with Crippen molar-refractivity contribution < 1.29 is 0 Å². The van der Waals surface area contributed by atoms with Gasteiger partial charge in [-0.2, -0.15) is 0 Å². The average molecular weight is 747 g/mol. The lowest BCUT2D eigenvalue weighted by Gasteiger charge is -2.10. The summed E-state index contributed by atoms with van der Waals surface area (Å²) in [6.07, 6.45) is 0. The molecule has 1 heterocycles. The summed E-state index contributed by atoms with van der Waals surface area (Å²) in [4.78, 5) is 0. The zero-order valence-electron chi connectivity index (χ0n) is 26.1. The lowest BCUT2D eigenvalue weighted by Crippen LogP contribution is -1.92. The predicted octanol–water partition coefficient (Wildman–Crippen LogP) is 12.6. The standard InChI is InChI=1S/C10H6BrCl.C10H8ClN.C10H7N3.C10H10N2/c2*11-8-5-1-3-7-4-2-6-9(12)10(7)8;1-3-7-4-2-6-9-10(7)8(5-1)11-13-12-9;11-8-5-1-3-7-4-2-6-9(12)10(7)8/h1-6H;1-6H,12H2;1-6H,(H,11,12);1-6H,11-12H2. The molecule has 0 saturated carbocycles. The first-order chi connectivity index (χ1) is 23.8. The van der Waals surface area contributed by atoms with Gasteiger partial charge in [0.25, 0.3) is 0 Å². The second-order valence-electron chi connectivity index (χ2n) is 11.0. The number of halogens is 3. The van der Waals surface area contributed by atoms with Crippen LogP contribution in [0.5, 0.6) is 0 Å². The largest absolute Gasteiger partial charge is 0.398 e. The second-order valence-corrected chi connectivity index (χ2v) is 12.7. The van der Waals surface area contributed by atoms with Gasteiger partial charge >= 0.3 is 0 Å². The van der Waals surface area contributed by atoms with E-state index in [0.29, 0.717) is 5.02 Å². The van der Waals surface area contributed by atoms with E-state index >= 15 is 0 Å². The fourth-order valence-electron chi connectivity index (χ4n) is 5.60. The lowest BCUT2D eigenvalue weighted by atomic mass is 10.1. The van der Waals surface area contributed by atoms with Gasteiger partial charge in [0, 0.05) is 48.1 Å². The third-order valence-corrected chi connectivity index (χ3v) is 9.16. The van der Waals surface area contributed by atoms with Gasteiger partial charge in [-0.25, -0.2) is 0 Å². The number of nitrogens with two attached hydrogens (primary N) is 3. The minimum Gasteiger partial charge on any atom is -0.398 e. The number of rotatable bonds is 0. The van der Waals surface area contributed by atoms with Crippen molar-refractivity contribution in [2.75, 3.05) is 22.6 Å². The smallest absolute Gasteiger partial charge is 0.0974 e. The van der Waals surface area contributed by atoms with Crippen molar-refractivity contribution in [2.24, 2.45) is 10.3 Å². The Morgan fingerprint density at radius 1 is 0.449 bits per heavy atom. The van der Waals surface area contributed by atoms with E-state index in [9.17, 15) is 0 Å². The Kier molecular flexibility index (Phi) is 10.4. The highest BCUT2D eigenvalue weighted by Gasteiger charge is 2.08. The van der Waals surface area contributed by atoms with Gasteiger partial charge in [-0.05, 0) is 70.1 Å². The molecule has 242 valence electrons. The summed E-state index contributed by atoms with van der Waals surface area (Å²) in [6, 6.07) is 47.2. The van der Waals surface area contributed by atoms with E-state index in [-0.39, 0.29) is 0 Å². The van der Waals surface area contributed by atoms with E-state index in [0.717, 1.165) is 75.6 Å². The summed E-state index contributed by atoms with van der Waals surface area (Å²) >= 11 is 15.5. The minimum atomic E-state index is 0.714. The Balaban J connectivity index is 0.000000113. The summed E-state index contributed by atoms with van der Waals surface area (Å²) in [6.45, 7) is 0. The topological polar surface area (TPSA) is 115 Å². The Hall–Kier alpha value is -5.34. The fraction of sp³-hybridized carbons (Fsp3) is 0. The van der Waals surface area contributed by atoms with Crippen LogP contribution in [0.2, 0.25) is 10.0 Å². The number of nitrogens with one attached hydrogen (secondary N) is 1. The quantitative estimate of drug-likeness (QED) is 0.116. The minimum absolute atomic E-state index is 0.714. The first kappa shape index (κ1) is 33.6. The maximum Gasteiger partial charge on any atom is 0.0974 e. The van der Waals surface area contributed by atoms with Crippen molar-refractivity contribution in [1.82, 2.24) is 0 Å². The zero-order chi connectivity index (χ0) is 34.3. The highest BCUT2D eigenvalue weighted by atomic mass is 79.9. The molecule has 8 aromatic carbocycles. The van der Waals surface area contributed by atoms with Crippen LogP contribution in [0.15, 0.2) is 160 Å². The summed E-state index contributed by atoms with van der Waals surface area (Å²) in [5.41, 5.74) is 24.4. The van der Waals surface area contributed by atoms with Gasteiger partial charge in [-0.3, -0.25) is 5.43 Å². The van der Waals surface area contributed by atoms with Crippen LogP contribution in [-0.2, 0) is 0 Å². The molecule has 0 atom stereocenters. The molecule has 6 nitrogen and oxygen atoms in total. The van der Waals surface area contributed by atoms with Crippen molar-refractivity contribution in [3.05, 3.63) is 160 Å². The number of hydrogen-bond acceptors (Lipinski definition) is 6. The van der Waals surface area contributed by atoms with Crippen molar-refractivity contribution in [3.8, 4) is 0 Å². The summed E-state index contributed by atoms with van der Waals surface area (Å²) in [5, 5.41) is 18.0. The van der Waals surface area contributed by atoms with E-state index < -0.39 is 0 Å². The SMILES string of the molecule is Clc1cccc2cccc(Br)c12.Nc1cccc2cccc(Cl)c12.Nc1cccc2cccc(N)c12.c1cc2c3c(cccc3c1)NN=N2. The monoisotopic (exact) mass is 744 g/mol. The molecule has 0 unspecified atom stereocenters. The number of nitrogen functional groups attached to an aromatic ring is 3. The van der Waals surface area contributed by atoms with Gasteiger partial charge in [0.1, 0.15) is 0 Å². The third-order valence-electron chi connectivity index (χ3n) is 7.87. The molecule has 0 spiro atoms. The molecule has 0 bridgehead atoms. The summed E-state index contributed by atoms with van der Waals surface area (Å²) < 4.78 is 1.05. The Labute approximate surface area is 302 Å². The molecule has 0 amide bonds. The van der Waals surface area contributed by atoms with Gasteiger partial charge < -0.3 is 17.2 Å². The van der Waals surface area contributed by atoms with E-state index in [1.807, 2.05) is 133 Å². The van der Waals surface area contributed by atoms with E-state index in [4.69, 9.17) is 40.4 Å². The fourth-order valence-corrected chi connectivity index (χ4v) is 6.89. The molecular weight excluding hydrogens is 715 g/mol. The summed E-state index contributed by atoms with van der Waals surface area (Å²) in [7, 11) is 0. The number of nitrogens with zero attached hydrogens (tertiary/aromatic N) is 2. The third kappa shape index (κ3) is 7.55. The molecule has 0 fully saturated rings. The van der Waals surface area contributed by atoms with Crippen molar-refractivity contribution >= 4 is 111 Å². The molecule has 0 saturated heterocycles. The van der Waals surface area contributed by atoms with Crippen LogP contribution in [0.25, 0.3) is 43.1 Å². The first-order valence-corrected chi connectivity index (χ1v) is 16.8. The highest BCUT2D eigenvalue weighted by molar-refractivity contribution is 9.10. The van der Waals surface area contributed by atoms with E-state index in [1.165, 1.54) is 5.39 Å². The van der Waals surface area contributed by atoms with Crippen LogP contribution in [-0.4, -0.2) is 0 Å². The number of anilines is 4. The van der Waals surface area contributed by atoms with Crippen molar-refractivity contribution in [3.63, 3.8) is 0 Å². The van der Waals surface area contributed by atoms with E-state index in [1.54, 1.807) is 0 Å². The van der Waals surface area contributed by atoms with Gasteiger partial charge in [0.05, 0.1) is 16.4 Å². The van der Waals surface area contributed by atoms with Gasteiger partial charge in [0.2, 0.25) is 0 Å². The Bertz CT molecular complexity index is 2150. The van der Waals surface area contributed by atoms with Crippen molar-refractivity contribution in [2.45, 2.75) is 0 Å². The Morgan fingerprint density at radius 2 is 0.857 bits per heavy atom. The van der Waals surface area contributed by atoms with E-state index in [2.05, 4.69) is 43.8 Å². The molecule has 9 heteroatoms. The molecule has 0 radical (unpaired) electrons. The van der Waals surface area contributed by atoms with Gasteiger partial charge in [-0.15, -0.1) is 5.11 Å². The molecule has 1 aliphatic rings. The van der Waals surface area contributed by atoms with Crippen LogP contribution in [0, 0.1) is 0 Å². The second kappa shape index (κ2) is 15.3. The number of fused-ring (bicyclic) bond motifs is 3. The molecule has 0 aliphatic carbocycles. The number of benzene rings is 8. The van der Waals surface area contributed by atoms with Crippen molar-refractivity contribution in [1.29, 1.82) is 0 Å². The van der Waals surface area contributed by atoms with Crippen LogP contribution in [0.3, 0.4) is 0 Å². The number of hydrogen-bond donors (Lipinski definition) is 4. The van der Waals surface area contributed by atoms with Gasteiger partial charge in [-0.1, -0.05) is 141 Å². The molecular formula is C40H31BrCl2N6. The summed E-state index contributed by atoms with van der Waals surface area (Å²) in [5.74, 6) is 0. The lowest BCUT2D eigenvalue weighted by molar-refractivity contribution is 1.12. The molecule has 49 heavy (non-hydrogen) atoms. The molecule has 1 aliphatic heterocycles. The van der Waals surface area contributed by atoms with Crippen LogP contribution in [0.4, 0.5) is 28.4 Å². The molecule has 7 N–H and O–H groups in total. The Morgan fingerprint density at radius 3 is 1.39 bits per heavy atom.